The van der Waals surface area contributed by atoms with Crippen LogP contribution in [0.2, 0.25) is 15.1 Å². The molecule has 0 unspecified atom stereocenters. The molecule has 1 fully saturated rings. The maximum absolute atomic E-state index is 12.7. The van der Waals surface area contributed by atoms with E-state index in [1.165, 1.54) is 24.3 Å². The molecule has 2 aromatic rings. The number of nitro groups is 1. The average molecular weight is 431 g/mol. The van der Waals surface area contributed by atoms with Crippen molar-refractivity contribution in [3.8, 4) is 0 Å². The number of halogens is 3. The molecule has 0 saturated carbocycles. The van der Waals surface area contributed by atoms with Gasteiger partial charge in [0.15, 0.2) is 0 Å². The van der Waals surface area contributed by atoms with Crippen LogP contribution in [0.3, 0.4) is 0 Å². The second-order valence-electron chi connectivity index (χ2n) is 5.77. The lowest BCUT2D eigenvalue weighted by Crippen LogP contribution is -2.36. The summed E-state index contributed by atoms with van der Waals surface area (Å²) < 4.78 is 5.31. The molecule has 0 spiro atoms. The minimum Gasteiger partial charge on any atom is -0.378 e. The summed E-state index contributed by atoms with van der Waals surface area (Å²) >= 11 is 17.8. The number of nitro benzene ring substituents is 1. The molecule has 0 aliphatic carbocycles. The first-order valence-corrected chi connectivity index (χ1v) is 9.07. The first-order chi connectivity index (χ1) is 12.9. The standard InChI is InChI=1S/C17H14Cl3N3O4/c18-13-7-10(8-14(19)16(13)20)21-17(24)12-9-11(1-2-15(12)23(25)26)22-3-5-27-6-4-22/h1-2,7-9H,3-6H2,(H,21,24). The molecule has 1 aliphatic heterocycles. The molecule has 0 atom stereocenters. The van der Waals surface area contributed by atoms with Crippen molar-refractivity contribution in [3.05, 3.63) is 61.1 Å². The number of hydrogen-bond donors (Lipinski definition) is 1. The molecule has 10 heteroatoms. The molecule has 1 heterocycles. The highest BCUT2D eigenvalue weighted by molar-refractivity contribution is 6.48. The Labute approximate surface area is 169 Å². The van der Waals surface area contributed by atoms with Crippen LogP contribution >= 0.6 is 34.8 Å². The van der Waals surface area contributed by atoms with Crippen molar-refractivity contribution < 1.29 is 14.5 Å². The largest absolute Gasteiger partial charge is 0.378 e. The molecule has 2 aromatic carbocycles. The van der Waals surface area contributed by atoms with Gasteiger partial charge in [-0.1, -0.05) is 34.8 Å². The van der Waals surface area contributed by atoms with Crippen LogP contribution in [0, 0.1) is 10.1 Å². The Morgan fingerprint density at radius 1 is 1.11 bits per heavy atom. The number of ether oxygens (including phenoxy) is 1. The highest BCUT2D eigenvalue weighted by Gasteiger charge is 2.23. The summed E-state index contributed by atoms with van der Waals surface area (Å²) in [7, 11) is 0. The number of nitrogens with one attached hydrogen (secondary N) is 1. The van der Waals surface area contributed by atoms with Crippen molar-refractivity contribution in [1.82, 2.24) is 0 Å². The van der Waals surface area contributed by atoms with Crippen LogP contribution in [0.4, 0.5) is 17.1 Å². The van der Waals surface area contributed by atoms with Gasteiger partial charge in [0.05, 0.1) is 33.2 Å². The summed E-state index contributed by atoms with van der Waals surface area (Å²) in [4.78, 5) is 25.5. The van der Waals surface area contributed by atoms with E-state index in [-0.39, 0.29) is 32.0 Å². The van der Waals surface area contributed by atoms with Crippen molar-refractivity contribution in [2.75, 3.05) is 36.5 Å². The predicted octanol–water partition coefficient (Wildman–Crippen LogP) is 4.64. The van der Waals surface area contributed by atoms with Gasteiger partial charge in [-0.15, -0.1) is 0 Å². The fourth-order valence-electron chi connectivity index (χ4n) is 2.71. The topological polar surface area (TPSA) is 84.7 Å². The number of nitrogens with zero attached hydrogens (tertiary/aromatic N) is 2. The van der Waals surface area contributed by atoms with Gasteiger partial charge in [0, 0.05) is 30.5 Å². The number of carbonyl (C=O) groups excluding carboxylic acids is 1. The summed E-state index contributed by atoms with van der Waals surface area (Å²) in [6, 6.07) is 7.28. The smallest absolute Gasteiger partial charge is 0.282 e. The van der Waals surface area contributed by atoms with E-state index >= 15 is 0 Å². The Morgan fingerprint density at radius 3 is 2.33 bits per heavy atom. The normalized spacial score (nSPS) is 14.1. The summed E-state index contributed by atoms with van der Waals surface area (Å²) in [6.07, 6.45) is 0. The van der Waals surface area contributed by atoms with E-state index < -0.39 is 10.8 Å². The summed E-state index contributed by atoms with van der Waals surface area (Å²) in [6.45, 7) is 2.39. The van der Waals surface area contributed by atoms with Crippen LogP contribution in [-0.4, -0.2) is 37.1 Å². The zero-order valence-corrected chi connectivity index (χ0v) is 16.1. The Hall–Kier alpha value is -2.06. The summed E-state index contributed by atoms with van der Waals surface area (Å²) in [5.41, 5.74) is 0.633. The third-order valence-electron chi connectivity index (χ3n) is 4.04. The quantitative estimate of drug-likeness (QED) is 0.434. The van der Waals surface area contributed by atoms with E-state index in [1.54, 1.807) is 6.07 Å². The molecule has 142 valence electrons. The molecule has 3 rings (SSSR count). The summed E-state index contributed by atoms with van der Waals surface area (Å²) in [5.74, 6) is -0.647. The molecule has 0 aromatic heterocycles. The van der Waals surface area contributed by atoms with Crippen LogP contribution in [0.1, 0.15) is 10.4 Å². The lowest BCUT2D eigenvalue weighted by Gasteiger charge is -2.29. The number of hydrogen-bond acceptors (Lipinski definition) is 5. The van der Waals surface area contributed by atoms with Gasteiger partial charge in [0.25, 0.3) is 11.6 Å². The van der Waals surface area contributed by atoms with Crippen LogP contribution in [0.5, 0.6) is 0 Å². The van der Waals surface area contributed by atoms with E-state index in [4.69, 9.17) is 39.5 Å². The number of anilines is 2. The van der Waals surface area contributed by atoms with Crippen molar-refractivity contribution in [3.63, 3.8) is 0 Å². The van der Waals surface area contributed by atoms with E-state index in [0.29, 0.717) is 32.0 Å². The number of carbonyl (C=O) groups is 1. The average Bonchev–Trinajstić information content (AvgIpc) is 2.66. The Bertz CT molecular complexity index is 878. The molecule has 1 N–H and O–H groups in total. The van der Waals surface area contributed by atoms with Crippen LogP contribution in [0.25, 0.3) is 0 Å². The Morgan fingerprint density at radius 2 is 1.74 bits per heavy atom. The van der Waals surface area contributed by atoms with Gasteiger partial charge in [0.1, 0.15) is 5.56 Å². The Kier molecular flexibility index (Phi) is 6.06. The molecule has 1 saturated heterocycles. The van der Waals surface area contributed by atoms with E-state index in [0.717, 1.165) is 0 Å². The highest BCUT2D eigenvalue weighted by Crippen LogP contribution is 2.34. The van der Waals surface area contributed by atoms with Crippen molar-refractivity contribution >= 4 is 57.8 Å². The maximum atomic E-state index is 12.7. The van der Waals surface area contributed by atoms with Gasteiger partial charge in [-0.05, 0) is 24.3 Å². The van der Waals surface area contributed by atoms with Gasteiger partial charge < -0.3 is 15.0 Å². The number of rotatable bonds is 4. The fraction of sp³-hybridized carbons (Fsp3) is 0.235. The van der Waals surface area contributed by atoms with Crippen molar-refractivity contribution in [2.45, 2.75) is 0 Å². The molecular weight excluding hydrogens is 417 g/mol. The zero-order chi connectivity index (χ0) is 19.6. The first kappa shape index (κ1) is 19.7. The predicted molar refractivity (Wildman–Crippen MR) is 106 cm³/mol. The lowest BCUT2D eigenvalue weighted by molar-refractivity contribution is -0.385. The number of benzene rings is 2. The number of amides is 1. The Balaban J connectivity index is 1.93. The first-order valence-electron chi connectivity index (χ1n) is 7.94. The zero-order valence-electron chi connectivity index (χ0n) is 13.9. The lowest BCUT2D eigenvalue weighted by atomic mass is 10.1. The van der Waals surface area contributed by atoms with Crippen LogP contribution in [0.15, 0.2) is 30.3 Å². The minimum atomic E-state index is -0.647. The molecule has 0 radical (unpaired) electrons. The fourth-order valence-corrected chi connectivity index (χ4v) is 3.31. The molecule has 27 heavy (non-hydrogen) atoms. The van der Waals surface area contributed by atoms with Crippen LogP contribution in [-0.2, 0) is 4.74 Å². The third kappa shape index (κ3) is 4.44. The number of morpholine rings is 1. The van der Waals surface area contributed by atoms with Gasteiger partial charge in [-0.2, -0.15) is 0 Å². The maximum Gasteiger partial charge on any atom is 0.282 e. The third-order valence-corrected chi connectivity index (χ3v) is 5.24. The second kappa shape index (κ2) is 8.31. The molecule has 0 bridgehead atoms. The highest BCUT2D eigenvalue weighted by atomic mass is 35.5. The molecular formula is C17H14Cl3N3O4. The van der Waals surface area contributed by atoms with Gasteiger partial charge in [-0.25, -0.2) is 0 Å². The molecule has 7 nitrogen and oxygen atoms in total. The molecule has 1 aliphatic rings. The minimum absolute atomic E-state index is 0.0637. The van der Waals surface area contributed by atoms with Crippen molar-refractivity contribution in [2.24, 2.45) is 0 Å². The van der Waals surface area contributed by atoms with E-state index in [2.05, 4.69) is 5.32 Å². The van der Waals surface area contributed by atoms with E-state index in [9.17, 15) is 14.9 Å². The summed E-state index contributed by atoms with van der Waals surface area (Å²) in [5, 5.41) is 14.4. The van der Waals surface area contributed by atoms with Crippen LogP contribution < -0.4 is 10.2 Å². The molecule has 1 amide bonds. The van der Waals surface area contributed by atoms with E-state index in [1.807, 2.05) is 4.90 Å². The van der Waals surface area contributed by atoms with Crippen molar-refractivity contribution in [1.29, 1.82) is 0 Å². The monoisotopic (exact) mass is 429 g/mol. The van der Waals surface area contributed by atoms with Gasteiger partial charge >= 0.3 is 0 Å². The SMILES string of the molecule is O=C(Nc1cc(Cl)c(Cl)c(Cl)c1)c1cc(N2CCOCC2)ccc1[N+](=O)[O-]. The van der Waals surface area contributed by atoms with Gasteiger partial charge in [0.2, 0.25) is 0 Å². The second-order valence-corrected chi connectivity index (χ2v) is 6.96. The van der Waals surface area contributed by atoms with Gasteiger partial charge in [-0.3, -0.25) is 14.9 Å².